The fourth-order valence-electron chi connectivity index (χ4n) is 4.29. The molecular formula is C10H15Br. The fourth-order valence-corrected chi connectivity index (χ4v) is 5.35. The van der Waals surface area contributed by atoms with Crippen molar-refractivity contribution in [2.75, 3.05) is 5.33 Å². The number of hydrogen-bond acceptors (Lipinski definition) is 0. The maximum absolute atomic E-state index is 3.70. The van der Waals surface area contributed by atoms with Crippen molar-refractivity contribution in [2.24, 2.45) is 28.6 Å². The molecule has 4 bridgehead atoms. The van der Waals surface area contributed by atoms with Crippen LogP contribution in [0.5, 0.6) is 0 Å². The molecule has 4 aliphatic rings. The van der Waals surface area contributed by atoms with Crippen LogP contribution in [0.3, 0.4) is 0 Å². The van der Waals surface area contributed by atoms with Crippen molar-refractivity contribution in [1.82, 2.24) is 0 Å². The predicted molar refractivity (Wildman–Crippen MR) is 49.7 cm³/mol. The summed E-state index contributed by atoms with van der Waals surface area (Å²) in [6.45, 7) is 5.02. The van der Waals surface area contributed by atoms with Gasteiger partial charge in [0.1, 0.15) is 0 Å². The first kappa shape index (κ1) is 6.94. The molecular weight excluding hydrogens is 200 g/mol. The summed E-state index contributed by atoms with van der Waals surface area (Å²) < 4.78 is 0. The van der Waals surface area contributed by atoms with Crippen molar-refractivity contribution in [3.8, 4) is 0 Å². The average Bonchev–Trinajstić information content (AvgIpc) is 2.42. The van der Waals surface area contributed by atoms with E-state index in [4.69, 9.17) is 0 Å². The molecule has 4 saturated carbocycles. The normalized spacial score (nSPS) is 70.6. The lowest BCUT2D eigenvalue weighted by Gasteiger charge is -2.31. The topological polar surface area (TPSA) is 0 Å². The second kappa shape index (κ2) is 1.57. The highest BCUT2D eigenvalue weighted by atomic mass is 79.9. The lowest BCUT2D eigenvalue weighted by molar-refractivity contribution is 0.209. The van der Waals surface area contributed by atoms with Crippen molar-refractivity contribution in [3.63, 3.8) is 0 Å². The molecule has 0 N–H and O–H groups in total. The standard InChI is InChI=1S/C10H15Br/c1-9(5-11)6-3-7-8(4-6)10(7,9)2/h6-8H,3-5H2,1-2H3/t6?,7?,8?,9-,10?/m1/s1. The van der Waals surface area contributed by atoms with Gasteiger partial charge in [0.25, 0.3) is 0 Å². The molecule has 3 atom stereocenters. The highest BCUT2D eigenvalue weighted by molar-refractivity contribution is 9.09. The highest BCUT2D eigenvalue weighted by Gasteiger charge is 2.80. The van der Waals surface area contributed by atoms with E-state index in [1.165, 1.54) is 5.33 Å². The lowest BCUT2D eigenvalue weighted by Crippen LogP contribution is -2.28. The Morgan fingerprint density at radius 2 is 1.82 bits per heavy atom. The lowest BCUT2D eigenvalue weighted by atomic mass is 9.76. The van der Waals surface area contributed by atoms with Crippen LogP contribution in [0.25, 0.3) is 0 Å². The van der Waals surface area contributed by atoms with Crippen LogP contribution in [-0.4, -0.2) is 5.33 Å². The Balaban J connectivity index is 2.10. The first-order valence-electron chi connectivity index (χ1n) is 4.70. The molecule has 0 aliphatic heterocycles. The molecule has 1 heteroatoms. The minimum Gasteiger partial charge on any atom is -0.0922 e. The van der Waals surface area contributed by atoms with Crippen molar-refractivity contribution < 1.29 is 0 Å². The van der Waals surface area contributed by atoms with E-state index in [2.05, 4.69) is 29.8 Å². The zero-order valence-electron chi connectivity index (χ0n) is 7.23. The number of halogens is 1. The smallest absolute Gasteiger partial charge is 0.00934 e. The quantitative estimate of drug-likeness (QED) is 0.589. The maximum atomic E-state index is 3.70. The van der Waals surface area contributed by atoms with Gasteiger partial charge in [-0.05, 0) is 41.4 Å². The minimum absolute atomic E-state index is 0.655. The summed E-state index contributed by atoms with van der Waals surface area (Å²) in [5.74, 6) is 3.30. The Morgan fingerprint density at radius 1 is 1.27 bits per heavy atom. The second-order valence-corrected chi connectivity index (χ2v) is 5.78. The van der Waals surface area contributed by atoms with Crippen LogP contribution in [0, 0.1) is 28.6 Å². The summed E-state index contributed by atoms with van der Waals surface area (Å²) in [7, 11) is 0. The predicted octanol–water partition coefficient (Wildman–Crippen LogP) is 3.06. The van der Waals surface area contributed by atoms with Crippen LogP contribution in [0.4, 0.5) is 0 Å². The summed E-state index contributed by atoms with van der Waals surface area (Å²) in [5, 5.41) is 1.23. The number of rotatable bonds is 1. The Labute approximate surface area is 76.9 Å². The molecule has 0 heterocycles. The van der Waals surface area contributed by atoms with E-state index in [1.54, 1.807) is 12.8 Å². The molecule has 0 radical (unpaired) electrons. The van der Waals surface area contributed by atoms with Crippen molar-refractivity contribution in [1.29, 1.82) is 0 Å². The third-order valence-electron chi connectivity index (χ3n) is 5.40. The van der Waals surface area contributed by atoms with Gasteiger partial charge in [0.05, 0.1) is 0 Å². The van der Waals surface area contributed by atoms with Crippen LogP contribution >= 0.6 is 15.9 Å². The largest absolute Gasteiger partial charge is 0.0922 e. The fraction of sp³-hybridized carbons (Fsp3) is 1.00. The molecule has 0 aromatic rings. The molecule has 0 spiro atoms. The van der Waals surface area contributed by atoms with Gasteiger partial charge in [-0.25, -0.2) is 0 Å². The first-order chi connectivity index (χ1) is 5.14. The summed E-state index contributed by atoms with van der Waals surface area (Å²) in [6.07, 6.45) is 3.09. The molecule has 11 heavy (non-hydrogen) atoms. The van der Waals surface area contributed by atoms with Gasteiger partial charge < -0.3 is 0 Å². The van der Waals surface area contributed by atoms with E-state index in [0.717, 1.165) is 23.2 Å². The molecule has 62 valence electrons. The molecule has 0 amide bonds. The maximum Gasteiger partial charge on any atom is 0.00934 e. The van der Waals surface area contributed by atoms with E-state index in [9.17, 15) is 0 Å². The molecule has 0 aromatic heterocycles. The van der Waals surface area contributed by atoms with E-state index in [1.807, 2.05) is 0 Å². The van der Waals surface area contributed by atoms with Crippen molar-refractivity contribution in [3.05, 3.63) is 0 Å². The monoisotopic (exact) mass is 214 g/mol. The summed E-state index contributed by atoms with van der Waals surface area (Å²) in [5.41, 5.74) is 1.41. The molecule has 4 aliphatic carbocycles. The minimum atomic E-state index is 0.655. The second-order valence-electron chi connectivity index (χ2n) is 5.22. The van der Waals surface area contributed by atoms with Gasteiger partial charge in [-0.2, -0.15) is 0 Å². The summed E-state index contributed by atoms with van der Waals surface area (Å²) >= 11 is 3.70. The average molecular weight is 215 g/mol. The summed E-state index contributed by atoms with van der Waals surface area (Å²) in [6, 6.07) is 0. The molecule has 0 aromatic carbocycles. The first-order valence-corrected chi connectivity index (χ1v) is 5.82. The van der Waals surface area contributed by atoms with Crippen LogP contribution < -0.4 is 0 Å². The SMILES string of the molecule is CC12C3CC(CC31)[C@@]2(C)CBr. The molecule has 0 nitrogen and oxygen atoms in total. The van der Waals surface area contributed by atoms with Crippen molar-refractivity contribution in [2.45, 2.75) is 26.7 Å². The van der Waals surface area contributed by atoms with Crippen molar-refractivity contribution >= 4 is 15.9 Å². The van der Waals surface area contributed by atoms with Gasteiger partial charge in [-0.1, -0.05) is 29.8 Å². The zero-order chi connectivity index (χ0) is 7.85. The van der Waals surface area contributed by atoms with Crippen LogP contribution in [-0.2, 0) is 0 Å². The van der Waals surface area contributed by atoms with Gasteiger partial charge in [0.15, 0.2) is 0 Å². The van der Waals surface area contributed by atoms with Gasteiger partial charge in [-0.3, -0.25) is 0 Å². The van der Waals surface area contributed by atoms with Gasteiger partial charge in [0.2, 0.25) is 0 Å². The third kappa shape index (κ3) is 0.460. The molecule has 0 saturated heterocycles. The Kier molecular flexibility index (Phi) is 0.991. The zero-order valence-corrected chi connectivity index (χ0v) is 8.82. The number of alkyl halides is 1. The van der Waals surface area contributed by atoms with E-state index < -0.39 is 0 Å². The van der Waals surface area contributed by atoms with Crippen LogP contribution in [0.15, 0.2) is 0 Å². The van der Waals surface area contributed by atoms with E-state index in [-0.39, 0.29) is 0 Å². The van der Waals surface area contributed by atoms with Gasteiger partial charge >= 0.3 is 0 Å². The van der Waals surface area contributed by atoms with E-state index >= 15 is 0 Å². The third-order valence-corrected chi connectivity index (χ3v) is 6.57. The van der Waals surface area contributed by atoms with Gasteiger partial charge in [0, 0.05) is 5.33 Å². The molecule has 4 fully saturated rings. The highest BCUT2D eigenvalue weighted by Crippen LogP contribution is 2.86. The van der Waals surface area contributed by atoms with E-state index in [0.29, 0.717) is 5.41 Å². The Bertz CT molecular complexity index is 211. The summed E-state index contributed by atoms with van der Waals surface area (Å²) in [4.78, 5) is 0. The van der Waals surface area contributed by atoms with Crippen LogP contribution in [0.1, 0.15) is 26.7 Å². The van der Waals surface area contributed by atoms with Gasteiger partial charge in [-0.15, -0.1) is 0 Å². The Morgan fingerprint density at radius 3 is 2.00 bits per heavy atom. The van der Waals surface area contributed by atoms with Crippen LogP contribution in [0.2, 0.25) is 0 Å². The molecule has 4 rings (SSSR count). The number of hydrogen-bond donors (Lipinski definition) is 0. The molecule has 2 unspecified atom stereocenters. The Hall–Kier alpha value is 0.480.